The second kappa shape index (κ2) is 7.79. The third-order valence-electron chi connectivity index (χ3n) is 3.96. The topological polar surface area (TPSA) is 75.6 Å². The number of aryl methyl sites for hydroxylation is 2. The molecule has 0 aliphatic rings. The molecule has 130 valence electrons. The van der Waals surface area contributed by atoms with E-state index >= 15 is 0 Å². The van der Waals surface area contributed by atoms with Crippen LogP contribution in [0.4, 0.5) is 0 Å². The maximum absolute atomic E-state index is 12.5. The highest BCUT2D eigenvalue weighted by Gasteiger charge is 2.20. The van der Waals surface area contributed by atoms with Crippen molar-refractivity contribution < 1.29 is 18.3 Å². The number of hydrogen-bond donors (Lipinski definition) is 2. The van der Waals surface area contributed by atoms with Crippen molar-refractivity contribution in [2.24, 2.45) is 0 Å². The molecule has 0 amide bonds. The first-order valence-corrected chi connectivity index (χ1v) is 9.21. The molecular formula is C18H23NO4S. The first kappa shape index (κ1) is 18.4. The maximum Gasteiger partial charge on any atom is 0.244 e. The number of aliphatic hydroxyl groups is 1. The van der Waals surface area contributed by atoms with Crippen molar-refractivity contribution in [1.82, 2.24) is 4.72 Å². The molecule has 0 aliphatic carbocycles. The second-order valence-corrected chi connectivity index (χ2v) is 7.44. The van der Waals surface area contributed by atoms with Gasteiger partial charge in [0, 0.05) is 6.54 Å². The second-order valence-electron chi connectivity index (χ2n) is 5.70. The summed E-state index contributed by atoms with van der Waals surface area (Å²) in [6.07, 6.45) is -0.424. The van der Waals surface area contributed by atoms with Gasteiger partial charge in [0.1, 0.15) is 10.6 Å². The molecule has 0 fully saturated rings. The van der Waals surface area contributed by atoms with Gasteiger partial charge in [-0.15, -0.1) is 0 Å². The summed E-state index contributed by atoms with van der Waals surface area (Å²) in [5, 5.41) is 10.1. The minimum atomic E-state index is -3.71. The Kier molecular flexibility index (Phi) is 5.99. The number of aliphatic hydroxyl groups excluding tert-OH is 1. The van der Waals surface area contributed by atoms with Gasteiger partial charge >= 0.3 is 0 Å². The smallest absolute Gasteiger partial charge is 0.244 e. The summed E-state index contributed by atoms with van der Waals surface area (Å²) in [4.78, 5) is 0.113. The maximum atomic E-state index is 12.5. The van der Waals surface area contributed by atoms with E-state index in [0.29, 0.717) is 5.75 Å². The average molecular weight is 349 g/mol. The average Bonchev–Trinajstić information content (AvgIpc) is 2.57. The molecule has 6 heteroatoms. The van der Waals surface area contributed by atoms with Crippen LogP contribution < -0.4 is 9.46 Å². The largest absolute Gasteiger partial charge is 0.495 e. The van der Waals surface area contributed by atoms with Gasteiger partial charge in [-0.2, -0.15) is 0 Å². The van der Waals surface area contributed by atoms with Gasteiger partial charge < -0.3 is 9.84 Å². The lowest BCUT2D eigenvalue weighted by Gasteiger charge is -2.15. The van der Waals surface area contributed by atoms with Crippen molar-refractivity contribution in [3.8, 4) is 5.75 Å². The van der Waals surface area contributed by atoms with Crippen LogP contribution in [0.15, 0.2) is 47.4 Å². The number of methoxy groups -OCH3 is 1. The van der Waals surface area contributed by atoms with E-state index in [-0.39, 0.29) is 17.9 Å². The highest BCUT2D eigenvalue weighted by Crippen LogP contribution is 2.27. The Morgan fingerprint density at radius 1 is 1.12 bits per heavy atom. The zero-order valence-corrected chi connectivity index (χ0v) is 14.9. The fourth-order valence-electron chi connectivity index (χ4n) is 2.38. The van der Waals surface area contributed by atoms with Gasteiger partial charge in [0.25, 0.3) is 0 Å². The number of hydrogen-bond acceptors (Lipinski definition) is 4. The number of ether oxygens (including phenoxy) is 1. The van der Waals surface area contributed by atoms with E-state index in [2.05, 4.69) is 4.72 Å². The normalized spacial score (nSPS) is 12.8. The van der Waals surface area contributed by atoms with Crippen molar-refractivity contribution >= 4 is 10.0 Å². The van der Waals surface area contributed by atoms with Crippen molar-refractivity contribution in [2.75, 3.05) is 13.7 Å². The van der Waals surface area contributed by atoms with Gasteiger partial charge in [0.15, 0.2) is 0 Å². The van der Waals surface area contributed by atoms with E-state index in [4.69, 9.17) is 4.74 Å². The van der Waals surface area contributed by atoms with Crippen LogP contribution in [0.2, 0.25) is 0 Å². The van der Waals surface area contributed by atoms with Crippen LogP contribution in [0.3, 0.4) is 0 Å². The number of rotatable bonds is 7. The van der Waals surface area contributed by atoms with Crippen LogP contribution in [0.1, 0.15) is 29.2 Å². The number of benzene rings is 2. The van der Waals surface area contributed by atoms with Crippen LogP contribution in [-0.4, -0.2) is 27.2 Å². The summed E-state index contributed by atoms with van der Waals surface area (Å²) in [7, 11) is -2.26. The van der Waals surface area contributed by atoms with Crippen LogP contribution in [0.5, 0.6) is 5.75 Å². The van der Waals surface area contributed by atoms with E-state index in [9.17, 15) is 13.5 Å². The van der Waals surface area contributed by atoms with Crippen LogP contribution >= 0.6 is 0 Å². The molecule has 0 spiro atoms. The molecule has 2 rings (SSSR count). The van der Waals surface area contributed by atoms with E-state index in [1.165, 1.54) is 7.11 Å². The van der Waals surface area contributed by atoms with Crippen molar-refractivity contribution in [2.45, 2.75) is 31.3 Å². The molecule has 1 unspecified atom stereocenters. The molecule has 1 atom stereocenters. The molecule has 2 aromatic rings. The van der Waals surface area contributed by atoms with Gasteiger partial charge in [-0.25, -0.2) is 13.1 Å². The van der Waals surface area contributed by atoms with Crippen molar-refractivity contribution in [3.63, 3.8) is 0 Å². The molecular weight excluding hydrogens is 326 g/mol. The van der Waals surface area contributed by atoms with Crippen molar-refractivity contribution in [1.29, 1.82) is 0 Å². The molecule has 0 bridgehead atoms. The Bertz CT molecular complexity index is 788. The lowest BCUT2D eigenvalue weighted by Crippen LogP contribution is -2.26. The zero-order valence-electron chi connectivity index (χ0n) is 14.1. The van der Waals surface area contributed by atoms with Crippen molar-refractivity contribution in [3.05, 3.63) is 59.2 Å². The standard InChI is InChI=1S/C18H23NO4S/c1-13-11-17(23-3)18(12-14(13)2)24(21,22)19-10-9-16(20)15-7-5-4-6-8-15/h4-8,11-12,16,19-20H,9-10H2,1-3H3. The molecule has 2 aromatic carbocycles. The van der Waals surface area contributed by atoms with E-state index in [1.807, 2.05) is 44.2 Å². The highest BCUT2D eigenvalue weighted by molar-refractivity contribution is 7.89. The van der Waals surface area contributed by atoms with Gasteiger partial charge in [-0.05, 0) is 49.1 Å². The number of nitrogens with one attached hydrogen (secondary N) is 1. The summed E-state index contributed by atoms with van der Waals surface area (Å²) >= 11 is 0. The van der Waals surface area contributed by atoms with Crippen LogP contribution in [-0.2, 0) is 10.0 Å². The Labute approximate surface area is 143 Å². The predicted octanol–water partition coefficient (Wildman–Crippen LogP) is 2.71. The Morgan fingerprint density at radius 3 is 2.38 bits per heavy atom. The molecule has 0 aromatic heterocycles. The third kappa shape index (κ3) is 4.35. The van der Waals surface area contributed by atoms with Crippen LogP contribution in [0, 0.1) is 13.8 Å². The molecule has 24 heavy (non-hydrogen) atoms. The quantitative estimate of drug-likeness (QED) is 0.806. The van der Waals surface area contributed by atoms with E-state index < -0.39 is 16.1 Å². The van der Waals surface area contributed by atoms with Gasteiger partial charge in [0.05, 0.1) is 13.2 Å². The fraction of sp³-hybridized carbons (Fsp3) is 0.333. The molecule has 0 saturated carbocycles. The highest BCUT2D eigenvalue weighted by atomic mass is 32.2. The van der Waals surface area contributed by atoms with Crippen LogP contribution in [0.25, 0.3) is 0 Å². The van der Waals surface area contributed by atoms with E-state index in [0.717, 1.165) is 16.7 Å². The Morgan fingerprint density at radius 2 is 1.75 bits per heavy atom. The van der Waals surface area contributed by atoms with Gasteiger partial charge in [-0.3, -0.25) is 0 Å². The first-order chi connectivity index (χ1) is 11.3. The molecule has 0 radical (unpaired) electrons. The Balaban J connectivity index is 2.08. The Hall–Kier alpha value is -1.89. The fourth-order valence-corrected chi connectivity index (χ4v) is 3.66. The SMILES string of the molecule is COc1cc(C)c(C)cc1S(=O)(=O)NCCC(O)c1ccccc1. The molecule has 5 nitrogen and oxygen atoms in total. The van der Waals surface area contributed by atoms with Gasteiger partial charge in [-0.1, -0.05) is 30.3 Å². The minimum absolute atomic E-state index is 0.113. The summed E-state index contributed by atoms with van der Waals surface area (Å²) < 4.78 is 32.8. The molecule has 2 N–H and O–H groups in total. The third-order valence-corrected chi connectivity index (χ3v) is 5.45. The summed E-state index contributed by atoms with van der Waals surface area (Å²) in [6.45, 7) is 3.89. The summed E-state index contributed by atoms with van der Waals surface area (Å²) in [5.74, 6) is 0.314. The molecule has 0 aliphatic heterocycles. The van der Waals surface area contributed by atoms with Gasteiger partial charge in [0.2, 0.25) is 10.0 Å². The summed E-state index contributed by atoms with van der Waals surface area (Å²) in [6, 6.07) is 12.5. The number of sulfonamides is 1. The lowest BCUT2D eigenvalue weighted by atomic mass is 10.1. The summed E-state index contributed by atoms with van der Waals surface area (Å²) in [5.41, 5.74) is 2.60. The van der Waals surface area contributed by atoms with E-state index in [1.54, 1.807) is 12.1 Å². The monoisotopic (exact) mass is 349 g/mol. The first-order valence-electron chi connectivity index (χ1n) is 7.73. The minimum Gasteiger partial charge on any atom is -0.495 e. The molecule has 0 saturated heterocycles. The predicted molar refractivity (Wildman–Crippen MR) is 93.7 cm³/mol. The molecule has 0 heterocycles. The lowest BCUT2D eigenvalue weighted by molar-refractivity contribution is 0.169. The zero-order chi connectivity index (χ0) is 17.7.